The van der Waals surface area contributed by atoms with Crippen molar-refractivity contribution < 1.29 is 13.6 Å². The quantitative estimate of drug-likeness (QED) is 0.797. The summed E-state index contributed by atoms with van der Waals surface area (Å²) in [6, 6.07) is 11.8. The Labute approximate surface area is 115 Å². The highest BCUT2D eigenvalue weighted by Gasteiger charge is 2.27. The SMILES string of the molecule is Cc1ccccc1C(C#N)C(=O)c1c(F)cccc1F. The minimum atomic E-state index is -1.22. The van der Waals surface area contributed by atoms with Crippen molar-refractivity contribution in [3.05, 3.63) is 70.8 Å². The van der Waals surface area contributed by atoms with Gasteiger partial charge in [0.1, 0.15) is 17.6 Å². The second kappa shape index (κ2) is 5.62. The van der Waals surface area contributed by atoms with Crippen LogP contribution in [0.1, 0.15) is 27.4 Å². The number of carbonyl (C=O) groups excluding carboxylic acids is 1. The van der Waals surface area contributed by atoms with E-state index < -0.39 is 28.9 Å². The third kappa shape index (κ3) is 2.43. The number of halogens is 2. The molecule has 0 aliphatic heterocycles. The Kier molecular flexibility index (Phi) is 3.90. The van der Waals surface area contributed by atoms with Crippen LogP contribution in [0.2, 0.25) is 0 Å². The van der Waals surface area contributed by atoms with E-state index in [-0.39, 0.29) is 0 Å². The molecule has 0 heterocycles. The fraction of sp³-hybridized carbons (Fsp3) is 0.125. The van der Waals surface area contributed by atoms with Gasteiger partial charge in [-0.3, -0.25) is 4.79 Å². The molecule has 0 saturated carbocycles. The molecule has 0 aliphatic carbocycles. The first-order valence-corrected chi connectivity index (χ1v) is 5.99. The normalized spacial score (nSPS) is 11.7. The summed E-state index contributed by atoms with van der Waals surface area (Å²) >= 11 is 0. The van der Waals surface area contributed by atoms with E-state index in [0.717, 1.165) is 17.7 Å². The number of benzene rings is 2. The molecule has 0 bridgehead atoms. The van der Waals surface area contributed by atoms with E-state index in [1.807, 2.05) is 6.07 Å². The van der Waals surface area contributed by atoms with E-state index >= 15 is 0 Å². The highest BCUT2D eigenvalue weighted by molar-refractivity contribution is 6.03. The molecule has 0 N–H and O–H groups in total. The van der Waals surface area contributed by atoms with Crippen molar-refractivity contribution in [1.82, 2.24) is 0 Å². The maximum atomic E-state index is 13.6. The second-order valence-electron chi connectivity index (χ2n) is 4.38. The highest BCUT2D eigenvalue weighted by atomic mass is 19.1. The minimum Gasteiger partial charge on any atom is -0.292 e. The highest BCUT2D eigenvalue weighted by Crippen LogP contribution is 2.25. The number of Topliss-reactive ketones (excluding diaryl/α,β-unsaturated/α-hetero) is 1. The molecular formula is C16H11F2NO. The molecule has 2 rings (SSSR count). The number of nitrogens with zero attached hydrogens (tertiary/aromatic N) is 1. The summed E-state index contributed by atoms with van der Waals surface area (Å²) in [6.07, 6.45) is 0. The van der Waals surface area contributed by atoms with Crippen LogP contribution in [-0.4, -0.2) is 5.78 Å². The zero-order valence-electron chi connectivity index (χ0n) is 10.7. The van der Waals surface area contributed by atoms with Crippen molar-refractivity contribution in [3.8, 4) is 6.07 Å². The van der Waals surface area contributed by atoms with Crippen LogP contribution in [-0.2, 0) is 0 Å². The van der Waals surface area contributed by atoms with Gasteiger partial charge in [-0.1, -0.05) is 30.3 Å². The van der Waals surface area contributed by atoms with E-state index in [0.29, 0.717) is 5.56 Å². The maximum Gasteiger partial charge on any atom is 0.190 e. The molecule has 0 saturated heterocycles. The summed E-state index contributed by atoms with van der Waals surface area (Å²) in [7, 11) is 0. The van der Waals surface area contributed by atoms with Crippen LogP contribution in [0.15, 0.2) is 42.5 Å². The molecule has 100 valence electrons. The summed E-state index contributed by atoms with van der Waals surface area (Å²) in [5.41, 5.74) is 0.522. The molecule has 2 aromatic rings. The first-order chi connectivity index (χ1) is 9.56. The predicted octanol–water partition coefficient (Wildman–Crippen LogP) is 3.76. The Hall–Kier alpha value is -2.54. The maximum absolute atomic E-state index is 13.6. The summed E-state index contributed by atoms with van der Waals surface area (Å²) in [6.45, 7) is 1.74. The van der Waals surface area contributed by atoms with E-state index in [9.17, 15) is 18.8 Å². The van der Waals surface area contributed by atoms with Gasteiger partial charge in [0.05, 0.1) is 11.6 Å². The fourth-order valence-corrected chi connectivity index (χ4v) is 2.06. The lowest BCUT2D eigenvalue weighted by molar-refractivity contribution is 0.0970. The van der Waals surface area contributed by atoms with E-state index in [1.165, 1.54) is 6.07 Å². The zero-order chi connectivity index (χ0) is 14.7. The van der Waals surface area contributed by atoms with E-state index in [1.54, 1.807) is 31.2 Å². The first-order valence-electron chi connectivity index (χ1n) is 5.99. The number of nitriles is 1. The number of hydrogen-bond donors (Lipinski definition) is 0. The second-order valence-corrected chi connectivity index (χ2v) is 4.38. The topological polar surface area (TPSA) is 40.9 Å². The van der Waals surface area contributed by atoms with Crippen LogP contribution >= 0.6 is 0 Å². The van der Waals surface area contributed by atoms with Crippen molar-refractivity contribution in [2.45, 2.75) is 12.8 Å². The van der Waals surface area contributed by atoms with E-state index in [2.05, 4.69) is 0 Å². The molecular weight excluding hydrogens is 260 g/mol. The minimum absolute atomic E-state index is 0.461. The average molecular weight is 271 g/mol. The number of aryl methyl sites for hydroxylation is 1. The molecule has 0 radical (unpaired) electrons. The Morgan fingerprint density at radius 3 is 2.25 bits per heavy atom. The van der Waals surface area contributed by atoms with Gasteiger partial charge in [-0.05, 0) is 30.2 Å². The standard InChI is InChI=1S/C16H11F2NO/c1-10-5-2-3-6-11(10)12(9-19)16(20)15-13(17)7-4-8-14(15)18/h2-8,12H,1H3. The van der Waals surface area contributed by atoms with Gasteiger partial charge in [-0.2, -0.15) is 5.26 Å². The average Bonchev–Trinajstić information content (AvgIpc) is 2.41. The molecule has 0 fully saturated rings. The van der Waals surface area contributed by atoms with Crippen LogP contribution in [0.5, 0.6) is 0 Å². The van der Waals surface area contributed by atoms with Crippen LogP contribution < -0.4 is 0 Å². The van der Waals surface area contributed by atoms with Crippen molar-refractivity contribution in [3.63, 3.8) is 0 Å². The first kappa shape index (κ1) is 13.9. The fourth-order valence-electron chi connectivity index (χ4n) is 2.06. The van der Waals surface area contributed by atoms with Gasteiger partial charge in [0.15, 0.2) is 5.78 Å². The molecule has 20 heavy (non-hydrogen) atoms. The largest absolute Gasteiger partial charge is 0.292 e. The Balaban J connectivity index is 2.52. The van der Waals surface area contributed by atoms with Crippen LogP contribution in [0.25, 0.3) is 0 Å². The summed E-state index contributed by atoms with van der Waals surface area (Å²) in [5, 5.41) is 9.20. The molecule has 2 nitrogen and oxygen atoms in total. The van der Waals surface area contributed by atoms with Crippen molar-refractivity contribution in [2.75, 3.05) is 0 Å². The van der Waals surface area contributed by atoms with Crippen LogP contribution in [0.3, 0.4) is 0 Å². The Bertz CT molecular complexity index is 684. The van der Waals surface area contributed by atoms with Gasteiger partial charge in [-0.15, -0.1) is 0 Å². The van der Waals surface area contributed by atoms with Crippen molar-refractivity contribution in [1.29, 1.82) is 5.26 Å². The van der Waals surface area contributed by atoms with Gasteiger partial charge in [0, 0.05) is 0 Å². The smallest absolute Gasteiger partial charge is 0.190 e. The van der Waals surface area contributed by atoms with Crippen LogP contribution in [0, 0.1) is 29.9 Å². The predicted molar refractivity (Wildman–Crippen MR) is 70.2 cm³/mol. The lowest BCUT2D eigenvalue weighted by atomic mass is 9.89. The lowest BCUT2D eigenvalue weighted by Gasteiger charge is -2.12. The molecule has 1 unspecified atom stereocenters. The van der Waals surface area contributed by atoms with Gasteiger partial charge < -0.3 is 0 Å². The van der Waals surface area contributed by atoms with E-state index in [4.69, 9.17) is 0 Å². The molecule has 0 amide bonds. The molecule has 0 spiro atoms. The number of ketones is 1. The van der Waals surface area contributed by atoms with Crippen molar-refractivity contribution >= 4 is 5.78 Å². The Morgan fingerprint density at radius 2 is 1.70 bits per heavy atom. The van der Waals surface area contributed by atoms with Crippen molar-refractivity contribution in [2.24, 2.45) is 0 Å². The molecule has 0 aliphatic rings. The Morgan fingerprint density at radius 1 is 1.10 bits per heavy atom. The zero-order valence-corrected chi connectivity index (χ0v) is 10.7. The van der Waals surface area contributed by atoms with Gasteiger partial charge in [0.25, 0.3) is 0 Å². The van der Waals surface area contributed by atoms with Gasteiger partial charge >= 0.3 is 0 Å². The number of rotatable bonds is 3. The monoisotopic (exact) mass is 271 g/mol. The summed E-state index contributed by atoms with van der Waals surface area (Å²) in [5.74, 6) is -3.99. The number of hydrogen-bond acceptors (Lipinski definition) is 2. The molecule has 2 aromatic carbocycles. The molecule has 4 heteroatoms. The van der Waals surface area contributed by atoms with Gasteiger partial charge in [-0.25, -0.2) is 8.78 Å². The molecule has 1 atom stereocenters. The molecule has 0 aromatic heterocycles. The lowest BCUT2D eigenvalue weighted by Crippen LogP contribution is -2.15. The van der Waals surface area contributed by atoms with Crippen LogP contribution in [0.4, 0.5) is 8.78 Å². The third-order valence-electron chi connectivity index (χ3n) is 3.10. The third-order valence-corrected chi connectivity index (χ3v) is 3.10. The number of carbonyl (C=O) groups is 1. The summed E-state index contributed by atoms with van der Waals surface area (Å²) in [4.78, 5) is 12.3. The van der Waals surface area contributed by atoms with Gasteiger partial charge in [0.2, 0.25) is 0 Å². The summed E-state index contributed by atoms with van der Waals surface area (Å²) < 4.78 is 27.3.